The van der Waals surface area contributed by atoms with Gasteiger partial charge in [-0.2, -0.15) is 0 Å². The largest absolute Gasteiger partial charge is 0.487 e. The van der Waals surface area contributed by atoms with E-state index in [1.54, 1.807) is 0 Å². The van der Waals surface area contributed by atoms with Gasteiger partial charge in [-0.05, 0) is 88.4 Å². The number of allylic oxidation sites excluding steroid dienone is 2. The first-order valence-corrected chi connectivity index (χ1v) is 15.1. The van der Waals surface area contributed by atoms with E-state index in [1.807, 2.05) is 6.07 Å². The second kappa shape index (κ2) is 9.02. The lowest BCUT2D eigenvalue weighted by molar-refractivity contribution is 0.245. The molecule has 0 fully saturated rings. The molecule has 4 heteroatoms. The van der Waals surface area contributed by atoms with E-state index in [-0.39, 0.29) is 24.0 Å². The Labute approximate surface area is 252 Å². The maximum absolute atomic E-state index is 6.76. The molecule has 0 amide bonds. The Hall–Kier alpha value is -4.96. The smallest absolute Gasteiger partial charge is 0.234 e. The van der Waals surface area contributed by atoms with Crippen LogP contribution >= 0.6 is 0 Å². The van der Waals surface area contributed by atoms with Gasteiger partial charge in [-0.1, -0.05) is 86.7 Å². The summed E-state index contributed by atoms with van der Waals surface area (Å²) < 4.78 is 13.1. The molecule has 43 heavy (non-hydrogen) atoms. The van der Waals surface area contributed by atoms with Crippen molar-refractivity contribution >= 4 is 40.3 Å². The summed E-state index contributed by atoms with van der Waals surface area (Å²) in [5.41, 5.74) is 11.1. The SMILES string of the molecule is CC1(C)C2=CC3B4c5ccccc5Oc5cccc(c54)OC3C=C2c2ccc(N(c3ccccc3)c3ccccc3)cc21. The number of rotatable bonds is 3. The average molecular weight is 555 g/mol. The average Bonchev–Trinajstić information content (AvgIpc) is 3.26. The molecule has 9 rings (SSSR count). The Morgan fingerprint density at radius 2 is 1.33 bits per heavy atom. The third-order valence-electron chi connectivity index (χ3n) is 9.75. The Kier molecular flexibility index (Phi) is 5.17. The Balaban J connectivity index is 1.19. The van der Waals surface area contributed by atoms with E-state index >= 15 is 0 Å². The van der Waals surface area contributed by atoms with Crippen molar-refractivity contribution < 1.29 is 9.47 Å². The van der Waals surface area contributed by atoms with E-state index < -0.39 is 0 Å². The molecule has 0 spiro atoms. The fraction of sp³-hybridized carbons (Fsp3) is 0.128. The van der Waals surface area contributed by atoms with E-state index in [4.69, 9.17) is 9.47 Å². The summed E-state index contributed by atoms with van der Waals surface area (Å²) in [6.07, 6.45) is 4.87. The van der Waals surface area contributed by atoms with Crippen LogP contribution in [0.15, 0.2) is 139 Å². The van der Waals surface area contributed by atoms with Crippen LogP contribution in [0.1, 0.15) is 25.0 Å². The summed E-state index contributed by atoms with van der Waals surface area (Å²) in [5, 5.41) is 0. The Bertz CT molecular complexity index is 1940. The van der Waals surface area contributed by atoms with Crippen molar-refractivity contribution in [2.24, 2.45) is 0 Å². The molecule has 0 radical (unpaired) electrons. The zero-order valence-electron chi connectivity index (χ0n) is 24.2. The Morgan fingerprint density at radius 1 is 0.651 bits per heavy atom. The zero-order chi connectivity index (χ0) is 28.7. The second-order valence-electron chi connectivity index (χ2n) is 12.5. The van der Waals surface area contributed by atoms with Crippen LogP contribution < -0.4 is 25.3 Å². The number of ether oxygens (including phenoxy) is 2. The van der Waals surface area contributed by atoms with Crippen molar-refractivity contribution in [3.63, 3.8) is 0 Å². The van der Waals surface area contributed by atoms with Gasteiger partial charge in [0.1, 0.15) is 23.4 Å². The van der Waals surface area contributed by atoms with Gasteiger partial charge in [-0.15, -0.1) is 0 Å². The lowest BCUT2D eigenvalue weighted by Crippen LogP contribution is -2.56. The molecule has 0 saturated carbocycles. The van der Waals surface area contributed by atoms with Crippen LogP contribution in [0.2, 0.25) is 5.82 Å². The van der Waals surface area contributed by atoms with Crippen LogP contribution in [0.5, 0.6) is 17.2 Å². The van der Waals surface area contributed by atoms with E-state index in [0.29, 0.717) is 0 Å². The van der Waals surface area contributed by atoms with Gasteiger partial charge in [0.25, 0.3) is 0 Å². The van der Waals surface area contributed by atoms with Gasteiger partial charge in [0.15, 0.2) is 0 Å². The third kappa shape index (κ3) is 3.56. The molecule has 3 nitrogen and oxygen atoms in total. The minimum Gasteiger partial charge on any atom is -0.487 e. The van der Waals surface area contributed by atoms with Gasteiger partial charge < -0.3 is 14.4 Å². The summed E-state index contributed by atoms with van der Waals surface area (Å²) in [6.45, 7) is 4.93. The lowest BCUT2D eigenvalue weighted by atomic mass is 9.30. The highest BCUT2D eigenvalue weighted by Gasteiger charge is 2.50. The molecular weight excluding hydrogens is 525 g/mol. The van der Waals surface area contributed by atoms with Crippen LogP contribution in [0.25, 0.3) is 5.57 Å². The number of hydrogen-bond donors (Lipinski definition) is 0. The molecule has 2 heterocycles. The minimum absolute atomic E-state index is 0.0516. The van der Waals surface area contributed by atoms with Crippen LogP contribution in [0.4, 0.5) is 17.1 Å². The number of anilines is 3. The predicted octanol–water partition coefficient (Wildman–Crippen LogP) is 8.32. The summed E-state index contributed by atoms with van der Waals surface area (Å²) in [7, 11) is 0. The maximum Gasteiger partial charge on any atom is 0.234 e. The van der Waals surface area contributed by atoms with Crippen LogP contribution in [0, 0.1) is 0 Å². The molecule has 4 aliphatic rings. The molecule has 5 aromatic rings. The molecule has 2 atom stereocenters. The molecule has 5 aromatic carbocycles. The normalized spacial score (nSPS) is 19.7. The summed E-state index contributed by atoms with van der Waals surface area (Å²) in [6, 6.07) is 43.0. The van der Waals surface area contributed by atoms with Gasteiger partial charge >= 0.3 is 0 Å². The van der Waals surface area contributed by atoms with Crippen LogP contribution in [0.3, 0.4) is 0 Å². The minimum atomic E-state index is -0.161. The molecule has 2 aliphatic carbocycles. The number of benzene rings is 5. The standard InChI is InChI=1S/C39H30BNO2/c1-39(2)30-22-27(41(25-12-5-3-6-13-25)26-14-7-4-8-15-26)20-21-28(30)29-23-37-33(24-31(29)39)40-32-16-9-10-17-34(32)42-35-18-11-19-36(43-37)38(35)40/h3-24,33,37H,1-2H3. The summed E-state index contributed by atoms with van der Waals surface area (Å²) in [5.74, 6) is 2.97. The van der Waals surface area contributed by atoms with Gasteiger partial charge in [-0.3, -0.25) is 0 Å². The van der Waals surface area contributed by atoms with E-state index in [2.05, 4.69) is 146 Å². The first-order valence-electron chi connectivity index (χ1n) is 15.1. The van der Waals surface area contributed by atoms with E-state index in [1.165, 1.54) is 33.2 Å². The molecule has 2 unspecified atom stereocenters. The fourth-order valence-electron chi connectivity index (χ4n) is 7.76. The number of para-hydroxylation sites is 3. The monoisotopic (exact) mass is 555 g/mol. The summed E-state index contributed by atoms with van der Waals surface area (Å²) >= 11 is 0. The first-order chi connectivity index (χ1) is 21.1. The van der Waals surface area contributed by atoms with Crippen LogP contribution in [-0.2, 0) is 5.41 Å². The Morgan fingerprint density at radius 3 is 2.09 bits per heavy atom. The first kappa shape index (κ1) is 24.6. The summed E-state index contributed by atoms with van der Waals surface area (Å²) in [4.78, 5) is 2.35. The van der Waals surface area contributed by atoms with E-state index in [9.17, 15) is 0 Å². The molecule has 0 aromatic heterocycles. The molecule has 0 bridgehead atoms. The topological polar surface area (TPSA) is 21.7 Å². The molecular formula is C39H30BNO2. The molecule has 0 N–H and O–H groups in total. The van der Waals surface area contributed by atoms with Crippen molar-refractivity contribution in [1.82, 2.24) is 0 Å². The van der Waals surface area contributed by atoms with Gasteiger partial charge in [0.05, 0.1) is 0 Å². The second-order valence-corrected chi connectivity index (χ2v) is 12.5. The van der Waals surface area contributed by atoms with Gasteiger partial charge in [0.2, 0.25) is 6.71 Å². The number of fused-ring (bicyclic) bond motifs is 7. The highest BCUT2D eigenvalue weighted by molar-refractivity contribution is 6.89. The number of hydrogen-bond acceptors (Lipinski definition) is 3. The predicted molar refractivity (Wildman–Crippen MR) is 176 cm³/mol. The quantitative estimate of drug-likeness (QED) is 0.209. The lowest BCUT2D eigenvalue weighted by Gasteiger charge is -2.42. The van der Waals surface area contributed by atoms with Crippen LogP contribution in [-0.4, -0.2) is 12.8 Å². The highest BCUT2D eigenvalue weighted by Crippen LogP contribution is 2.55. The van der Waals surface area contributed by atoms with E-state index in [0.717, 1.165) is 34.3 Å². The van der Waals surface area contributed by atoms with Crippen molar-refractivity contribution in [3.05, 3.63) is 150 Å². The molecule has 2 aliphatic heterocycles. The number of nitrogens with zero attached hydrogens (tertiary/aromatic N) is 1. The zero-order valence-corrected chi connectivity index (χ0v) is 24.2. The fourth-order valence-corrected chi connectivity index (χ4v) is 7.76. The maximum atomic E-state index is 6.76. The van der Waals surface area contributed by atoms with Gasteiger partial charge in [-0.25, -0.2) is 0 Å². The van der Waals surface area contributed by atoms with Crippen molar-refractivity contribution in [1.29, 1.82) is 0 Å². The highest BCUT2D eigenvalue weighted by atomic mass is 16.5. The molecule has 206 valence electrons. The van der Waals surface area contributed by atoms with Gasteiger partial charge in [0, 0.05) is 33.8 Å². The van der Waals surface area contributed by atoms with Crippen molar-refractivity contribution in [2.45, 2.75) is 31.2 Å². The van der Waals surface area contributed by atoms with Crippen molar-refractivity contribution in [3.8, 4) is 17.2 Å². The molecule has 0 saturated heterocycles. The third-order valence-corrected chi connectivity index (χ3v) is 9.75. The van der Waals surface area contributed by atoms with Crippen molar-refractivity contribution in [2.75, 3.05) is 4.90 Å².